The number of aliphatic hydroxyl groups excluding tert-OH is 2. The molecule has 5 aliphatic rings. The number of phenolic OH excluding ortho intramolecular Hbond substituents is 2. The quantitative estimate of drug-likeness (QED) is 0.0503. The Morgan fingerprint density at radius 2 is 1.61 bits per heavy atom. The van der Waals surface area contributed by atoms with E-state index in [9.17, 15) is 64.5 Å². The lowest BCUT2D eigenvalue weighted by Crippen LogP contribution is -2.78. The molecule has 8 N–H and O–H groups in total. The topological polar surface area (TPSA) is 309 Å². The molecule has 3 fully saturated rings. The molecule has 1 amide bonds. The molecule has 8 rings (SSSR count). The van der Waals surface area contributed by atoms with Crippen molar-refractivity contribution in [1.29, 1.82) is 0 Å². The summed E-state index contributed by atoms with van der Waals surface area (Å²) >= 11 is 5.94. The molecule has 1 aromatic heterocycles. The van der Waals surface area contributed by atoms with Crippen molar-refractivity contribution in [1.82, 2.24) is 0 Å². The van der Waals surface area contributed by atoms with Crippen molar-refractivity contribution < 1.29 is 83.1 Å². The van der Waals surface area contributed by atoms with E-state index in [4.69, 9.17) is 35.0 Å². The number of hydrogen-bond donors (Lipinski definition) is 8. The fourth-order valence-electron chi connectivity index (χ4n) is 9.78. The van der Waals surface area contributed by atoms with Crippen molar-refractivity contribution in [2.45, 2.75) is 99.1 Å². The monoisotopic (exact) mass is 931 g/mol. The fraction of sp³-hybridized carbons (Fsp3) is 0.348. The Morgan fingerprint density at radius 3 is 2.30 bits per heavy atom. The third-order valence-corrected chi connectivity index (χ3v) is 13.0. The molecule has 3 heterocycles. The number of phenols is 2. The normalized spacial score (nSPS) is 32.5. The number of hydrogen-bond acceptors (Lipinski definition) is 18. The summed E-state index contributed by atoms with van der Waals surface area (Å²) in [6.45, 7) is 4.23. The van der Waals surface area contributed by atoms with Gasteiger partial charge in [0.25, 0.3) is 0 Å². The number of aromatic hydroxyl groups is 3. The van der Waals surface area contributed by atoms with Crippen LogP contribution in [0.15, 0.2) is 93.7 Å². The highest BCUT2D eigenvalue weighted by molar-refractivity contribution is 6.36. The first-order valence-corrected chi connectivity index (χ1v) is 20.8. The van der Waals surface area contributed by atoms with Gasteiger partial charge >= 0.3 is 17.6 Å². The summed E-state index contributed by atoms with van der Waals surface area (Å²) in [4.78, 5) is 77.7. The van der Waals surface area contributed by atoms with Crippen molar-refractivity contribution in [3.05, 3.63) is 117 Å². The summed E-state index contributed by atoms with van der Waals surface area (Å²) in [5, 5.41) is 80.8. The second-order valence-electron chi connectivity index (χ2n) is 16.7. The SMILES string of the molecule is CC(=O)O[C@@H]1[C@H](C)OC(c2ccc3c(c2O)[C@H](O)[C@@]24O[C@]2(C3=O)[C@@]2(O)C(=O)C=C(C)C[C@@]2(O)C[C@@H]4O)C[C@@H]1OC(=O)/C=C/C=C/C=C/C=C/C(=O)Nc1c(O)c2ccc(O)c(Cl)c2oc1=O. The lowest BCUT2D eigenvalue weighted by molar-refractivity contribution is -0.210. The van der Waals surface area contributed by atoms with Gasteiger partial charge in [-0.25, -0.2) is 9.59 Å². The van der Waals surface area contributed by atoms with Crippen molar-refractivity contribution in [2.24, 2.45) is 0 Å². The van der Waals surface area contributed by atoms with Crippen LogP contribution >= 0.6 is 11.6 Å². The first-order valence-electron chi connectivity index (χ1n) is 20.5. The Labute approximate surface area is 378 Å². The number of benzene rings is 2. The Morgan fingerprint density at radius 1 is 0.924 bits per heavy atom. The number of epoxide rings is 1. The van der Waals surface area contributed by atoms with Crippen molar-refractivity contribution in [2.75, 3.05) is 5.32 Å². The number of Topliss-reactive ketones (excluding diaryl/α,β-unsaturated/α-hetero) is 1. The largest absolute Gasteiger partial charge is 0.507 e. The van der Waals surface area contributed by atoms with Crippen LogP contribution in [0, 0.1) is 0 Å². The average molecular weight is 932 g/mol. The highest BCUT2D eigenvalue weighted by atomic mass is 35.5. The van der Waals surface area contributed by atoms with Crippen LogP contribution in [0.3, 0.4) is 0 Å². The second-order valence-corrected chi connectivity index (χ2v) is 17.1. The molecule has 2 aliphatic heterocycles. The van der Waals surface area contributed by atoms with Crippen molar-refractivity contribution in [3.63, 3.8) is 0 Å². The Bertz CT molecular complexity index is 2840. The number of amides is 1. The average Bonchev–Trinajstić information content (AvgIpc) is 3.98. The maximum Gasteiger partial charge on any atom is 0.364 e. The minimum atomic E-state index is -2.88. The molecule has 20 heteroatoms. The number of carbonyl (C=O) groups is 5. The van der Waals surface area contributed by atoms with E-state index < -0.39 is 118 Å². The Balaban J connectivity index is 0.943. The number of nitrogens with one attached hydrogen (secondary N) is 1. The van der Waals surface area contributed by atoms with Gasteiger partial charge in [-0.1, -0.05) is 65.8 Å². The van der Waals surface area contributed by atoms with Crippen molar-refractivity contribution in [3.8, 4) is 17.2 Å². The number of allylic oxidation sites excluding steroid dienone is 6. The number of halogens is 1. The van der Waals surface area contributed by atoms with Crippen LogP contribution in [-0.2, 0) is 38.1 Å². The van der Waals surface area contributed by atoms with Gasteiger partial charge in [0.15, 0.2) is 40.1 Å². The molecule has 19 nitrogen and oxygen atoms in total. The molecular formula is C46H42ClNO18. The predicted molar refractivity (Wildman–Crippen MR) is 227 cm³/mol. The first kappa shape index (κ1) is 46.1. The van der Waals surface area contributed by atoms with Gasteiger partial charge in [-0.3, -0.25) is 19.2 Å². The number of rotatable bonds is 9. The number of ether oxygens (including phenoxy) is 4. The minimum absolute atomic E-state index is 0.00805. The van der Waals surface area contributed by atoms with Gasteiger partial charge in [0.2, 0.25) is 17.3 Å². The van der Waals surface area contributed by atoms with Gasteiger partial charge in [0.1, 0.15) is 34.3 Å². The number of carbonyl (C=O) groups excluding carboxylic acids is 5. The van der Waals surface area contributed by atoms with Crippen LogP contribution in [0.4, 0.5) is 5.69 Å². The highest BCUT2D eigenvalue weighted by Crippen LogP contribution is 2.74. The standard InChI is InChI=1S/C46H42ClNO18/c1-20-16-29(51)45(61)43(60,18-20)19-30(52)44-41(58)33-24(40(57)46(44,45)66-44)13-12-23(36(33)55)27-17-28(38(21(2)62-27)63-22(3)49)64-32(54)11-9-7-5-4-6-8-10-31(53)48-35-37(56)25-14-15-26(50)34(47)39(25)65-42(35)59/h4-16,21,27-28,30,38,41,50,52,55-56,58,60-61H,17-19H2,1-3H3,(H,48,53)/b6-4+,7-5+,10-8+,11-9+/t21-,27?,28-,30-,38+,41-,43+,44+,45+,46-/m0/s1. The van der Waals surface area contributed by atoms with E-state index in [0.29, 0.717) is 5.57 Å². The molecule has 346 valence electrons. The summed E-state index contributed by atoms with van der Waals surface area (Å²) in [6, 6.07) is 4.95. The van der Waals surface area contributed by atoms with Gasteiger partial charge in [0.05, 0.1) is 23.7 Å². The lowest BCUT2D eigenvalue weighted by Gasteiger charge is -2.54. The minimum Gasteiger partial charge on any atom is -0.507 e. The molecule has 2 saturated heterocycles. The Hall–Kier alpha value is -6.45. The van der Waals surface area contributed by atoms with Gasteiger partial charge < -0.3 is 64.4 Å². The van der Waals surface area contributed by atoms with Crippen LogP contribution < -0.4 is 10.9 Å². The van der Waals surface area contributed by atoms with Gasteiger partial charge in [-0.2, -0.15) is 0 Å². The third-order valence-electron chi connectivity index (χ3n) is 12.7. The molecule has 3 aliphatic carbocycles. The molecule has 2 aromatic carbocycles. The molecule has 0 radical (unpaired) electrons. The van der Waals surface area contributed by atoms with Gasteiger partial charge in [0, 0.05) is 55.0 Å². The second kappa shape index (κ2) is 16.5. The zero-order chi connectivity index (χ0) is 47.8. The number of anilines is 1. The van der Waals surface area contributed by atoms with E-state index in [1.165, 1.54) is 67.6 Å². The van der Waals surface area contributed by atoms with E-state index in [-0.39, 0.29) is 51.3 Å². The summed E-state index contributed by atoms with van der Waals surface area (Å²) in [5.74, 6) is -6.08. The maximum absolute atomic E-state index is 14.4. The molecule has 0 spiro atoms. The van der Waals surface area contributed by atoms with E-state index in [2.05, 4.69) is 5.32 Å². The molecule has 66 heavy (non-hydrogen) atoms. The zero-order valence-corrected chi connectivity index (χ0v) is 35.8. The summed E-state index contributed by atoms with van der Waals surface area (Å²) in [5.41, 5.74) is -12.3. The summed E-state index contributed by atoms with van der Waals surface area (Å²) in [6.07, 6.45) is 2.51. The smallest absolute Gasteiger partial charge is 0.364 e. The van der Waals surface area contributed by atoms with Crippen LogP contribution in [0.1, 0.15) is 73.7 Å². The number of aliphatic hydroxyl groups is 4. The molecule has 10 atom stereocenters. The van der Waals surface area contributed by atoms with Gasteiger partial charge in [-0.05, 0) is 32.1 Å². The molecule has 0 bridgehead atoms. The van der Waals surface area contributed by atoms with Crippen molar-refractivity contribution >= 4 is 57.7 Å². The molecule has 1 unspecified atom stereocenters. The van der Waals surface area contributed by atoms with E-state index in [1.54, 1.807) is 6.92 Å². The van der Waals surface area contributed by atoms with E-state index in [1.807, 2.05) is 0 Å². The number of esters is 2. The molecular weight excluding hydrogens is 890 g/mol. The van der Waals surface area contributed by atoms with E-state index in [0.717, 1.165) is 25.2 Å². The van der Waals surface area contributed by atoms with Crippen LogP contribution in [-0.4, -0.2) is 112 Å². The van der Waals surface area contributed by atoms with E-state index >= 15 is 0 Å². The number of ketones is 2. The number of fused-ring (bicyclic) bond motifs is 3. The Kier molecular flexibility index (Phi) is 11.5. The van der Waals surface area contributed by atoms with Crippen LogP contribution in [0.2, 0.25) is 5.02 Å². The van der Waals surface area contributed by atoms with Crippen LogP contribution in [0.5, 0.6) is 17.2 Å². The van der Waals surface area contributed by atoms with Crippen LogP contribution in [0.25, 0.3) is 11.0 Å². The van der Waals surface area contributed by atoms with Gasteiger partial charge in [-0.15, -0.1) is 0 Å². The first-order chi connectivity index (χ1) is 31.1. The third kappa shape index (κ3) is 6.88. The summed E-state index contributed by atoms with van der Waals surface area (Å²) in [7, 11) is 0. The maximum atomic E-state index is 14.4. The fourth-order valence-corrected chi connectivity index (χ4v) is 9.99. The zero-order valence-electron chi connectivity index (χ0n) is 35.1. The highest BCUT2D eigenvalue weighted by Gasteiger charge is 2.96. The molecule has 1 saturated carbocycles. The lowest BCUT2D eigenvalue weighted by atomic mass is 9.50. The summed E-state index contributed by atoms with van der Waals surface area (Å²) < 4.78 is 28.2. The molecule has 3 aromatic rings. The predicted octanol–water partition coefficient (Wildman–Crippen LogP) is 3.00.